The molecule has 1 aromatic rings. The van der Waals surface area contributed by atoms with E-state index in [1.165, 1.54) is 16.2 Å². The topological polar surface area (TPSA) is 55.8 Å². The molecular formula is C12H16INO4S. The molecule has 1 aromatic heterocycles. The Kier molecular flexibility index (Phi) is 7.32. The van der Waals surface area contributed by atoms with Gasteiger partial charge in [-0.3, -0.25) is 9.59 Å². The maximum Gasteiger partial charge on any atom is 0.325 e. The summed E-state index contributed by atoms with van der Waals surface area (Å²) in [6.07, 6.45) is 0. The first-order chi connectivity index (χ1) is 9.08. The van der Waals surface area contributed by atoms with E-state index in [1.807, 2.05) is 0 Å². The van der Waals surface area contributed by atoms with Crippen molar-refractivity contribution in [3.8, 4) is 0 Å². The standard InChI is InChI=1S/C12H16INO4S/c1-3-18-11(15)7-14(4-5-17-2)12(16)9-6-10(13)19-8-9/h6,8H,3-5,7H2,1-2H3. The Morgan fingerprint density at radius 2 is 2.21 bits per heavy atom. The first-order valence-electron chi connectivity index (χ1n) is 5.76. The highest BCUT2D eigenvalue weighted by Gasteiger charge is 2.20. The molecule has 106 valence electrons. The third-order valence-corrected chi connectivity index (χ3v) is 4.08. The van der Waals surface area contributed by atoms with Crippen molar-refractivity contribution >= 4 is 45.8 Å². The Morgan fingerprint density at radius 1 is 1.47 bits per heavy atom. The number of amides is 1. The third-order valence-electron chi connectivity index (χ3n) is 2.29. The number of hydrogen-bond acceptors (Lipinski definition) is 5. The molecule has 1 heterocycles. The van der Waals surface area contributed by atoms with Gasteiger partial charge in [-0.2, -0.15) is 0 Å². The SMILES string of the molecule is CCOC(=O)CN(CCOC)C(=O)c1csc(I)c1. The van der Waals surface area contributed by atoms with E-state index in [2.05, 4.69) is 22.6 Å². The summed E-state index contributed by atoms with van der Waals surface area (Å²) in [6.45, 7) is 2.73. The van der Waals surface area contributed by atoms with Gasteiger partial charge in [-0.25, -0.2) is 0 Å². The molecule has 7 heteroatoms. The molecule has 0 aliphatic heterocycles. The van der Waals surface area contributed by atoms with Crippen LogP contribution in [0.1, 0.15) is 17.3 Å². The van der Waals surface area contributed by atoms with Gasteiger partial charge in [0.05, 0.1) is 21.7 Å². The number of carbonyl (C=O) groups excluding carboxylic acids is 2. The zero-order valence-corrected chi connectivity index (χ0v) is 13.8. The minimum Gasteiger partial charge on any atom is -0.465 e. The van der Waals surface area contributed by atoms with Gasteiger partial charge in [0.15, 0.2) is 0 Å². The van der Waals surface area contributed by atoms with Crippen LogP contribution in [0.5, 0.6) is 0 Å². The normalized spacial score (nSPS) is 10.3. The van der Waals surface area contributed by atoms with Crippen molar-refractivity contribution in [3.05, 3.63) is 19.9 Å². The molecule has 0 fully saturated rings. The number of rotatable bonds is 7. The van der Waals surface area contributed by atoms with E-state index >= 15 is 0 Å². The lowest BCUT2D eigenvalue weighted by atomic mass is 10.3. The lowest BCUT2D eigenvalue weighted by Crippen LogP contribution is -2.38. The maximum absolute atomic E-state index is 12.3. The van der Waals surface area contributed by atoms with Gasteiger partial charge >= 0.3 is 5.97 Å². The van der Waals surface area contributed by atoms with Crippen LogP contribution in [0.3, 0.4) is 0 Å². The fourth-order valence-electron chi connectivity index (χ4n) is 1.42. The molecule has 0 N–H and O–H groups in total. The number of methoxy groups -OCH3 is 1. The van der Waals surface area contributed by atoms with E-state index in [9.17, 15) is 9.59 Å². The number of esters is 1. The van der Waals surface area contributed by atoms with Gasteiger partial charge < -0.3 is 14.4 Å². The summed E-state index contributed by atoms with van der Waals surface area (Å²) in [4.78, 5) is 25.2. The highest BCUT2D eigenvalue weighted by Crippen LogP contribution is 2.18. The lowest BCUT2D eigenvalue weighted by Gasteiger charge is -2.20. The molecule has 1 rings (SSSR count). The predicted octanol–water partition coefficient (Wildman–Crippen LogP) is 2.00. The molecule has 0 saturated heterocycles. The van der Waals surface area contributed by atoms with Crippen molar-refractivity contribution in [2.24, 2.45) is 0 Å². The molecule has 0 spiro atoms. The van der Waals surface area contributed by atoms with Crippen molar-refractivity contribution in [2.45, 2.75) is 6.92 Å². The summed E-state index contributed by atoms with van der Waals surface area (Å²) >= 11 is 3.65. The molecule has 0 unspecified atom stereocenters. The first-order valence-corrected chi connectivity index (χ1v) is 7.72. The number of hydrogen-bond donors (Lipinski definition) is 0. The highest BCUT2D eigenvalue weighted by molar-refractivity contribution is 14.1. The molecule has 0 saturated carbocycles. The number of nitrogens with zero attached hydrogens (tertiary/aromatic N) is 1. The Morgan fingerprint density at radius 3 is 2.74 bits per heavy atom. The van der Waals surface area contributed by atoms with E-state index < -0.39 is 5.97 Å². The van der Waals surface area contributed by atoms with Gasteiger partial charge in [-0.15, -0.1) is 11.3 Å². The minimum atomic E-state index is -0.406. The smallest absolute Gasteiger partial charge is 0.325 e. The van der Waals surface area contributed by atoms with Gasteiger partial charge in [0.25, 0.3) is 5.91 Å². The quantitative estimate of drug-likeness (QED) is 0.522. The molecule has 0 aliphatic carbocycles. The van der Waals surface area contributed by atoms with E-state index in [-0.39, 0.29) is 12.5 Å². The molecular weight excluding hydrogens is 381 g/mol. The largest absolute Gasteiger partial charge is 0.465 e. The van der Waals surface area contributed by atoms with Crippen LogP contribution in [0.4, 0.5) is 0 Å². The Hall–Kier alpha value is -0.670. The van der Waals surface area contributed by atoms with Crippen LogP contribution < -0.4 is 0 Å². The van der Waals surface area contributed by atoms with Crippen molar-refractivity contribution in [1.29, 1.82) is 0 Å². The van der Waals surface area contributed by atoms with Crippen molar-refractivity contribution in [2.75, 3.05) is 33.4 Å². The van der Waals surface area contributed by atoms with Gasteiger partial charge in [0.1, 0.15) is 6.54 Å². The summed E-state index contributed by atoms with van der Waals surface area (Å²) in [6, 6.07) is 1.80. The summed E-state index contributed by atoms with van der Waals surface area (Å²) in [5.41, 5.74) is 0.592. The van der Waals surface area contributed by atoms with Crippen molar-refractivity contribution < 1.29 is 19.1 Å². The number of thiophene rings is 1. The fourth-order valence-corrected chi connectivity index (χ4v) is 2.74. The maximum atomic E-state index is 12.3. The van der Waals surface area contributed by atoms with Crippen LogP contribution in [0.15, 0.2) is 11.4 Å². The van der Waals surface area contributed by atoms with Gasteiger partial charge in [0.2, 0.25) is 0 Å². The molecule has 0 aromatic carbocycles. The van der Waals surface area contributed by atoms with E-state index in [1.54, 1.807) is 25.5 Å². The Labute approximate surface area is 130 Å². The van der Waals surface area contributed by atoms with Crippen LogP contribution in [0, 0.1) is 2.88 Å². The van der Waals surface area contributed by atoms with Gasteiger partial charge in [0, 0.05) is 19.0 Å². The summed E-state index contributed by atoms with van der Waals surface area (Å²) < 4.78 is 10.9. The lowest BCUT2D eigenvalue weighted by molar-refractivity contribution is -0.143. The molecule has 0 bridgehead atoms. The van der Waals surface area contributed by atoms with Crippen LogP contribution in [0.25, 0.3) is 0 Å². The third kappa shape index (κ3) is 5.45. The Bertz CT molecular complexity index is 435. The molecule has 0 aliphatic rings. The second-order valence-corrected chi connectivity index (χ2v) is 6.47. The van der Waals surface area contributed by atoms with Crippen LogP contribution >= 0.6 is 33.9 Å². The summed E-state index contributed by atoms with van der Waals surface area (Å²) in [5.74, 6) is -0.582. The summed E-state index contributed by atoms with van der Waals surface area (Å²) in [5, 5.41) is 1.79. The van der Waals surface area contributed by atoms with Crippen molar-refractivity contribution in [1.82, 2.24) is 4.90 Å². The van der Waals surface area contributed by atoms with Crippen molar-refractivity contribution in [3.63, 3.8) is 0 Å². The minimum absolute atomic E-state index is 0.0531. The molecule has 5 nitrogen and oxygen atoms in total. The average Bonchev–Trinajstić information content (AvgIpc) is 2.80. The molecule has 1 amide bonds. The molecule has 0 atom stereocenters. The number of carbonyl (C=O) groups is 2. The van der Waals surface area contributed by atoms with E-state index in [0.717, 1.165) is 2.88 Å². The Balaban J connectivity index is 2.72. The fraction of sp³-hybridized carbons (Fsp3) is 0.500. The van der Waals surface area contributed by atoms with Crippen LogP contribution in [-0.2, 0) is 14.3 Å². The number of ether oxygens (including phenoxy) is 2. The molecule has 0 radical (unpaired) electrons. The monoisotopic (exact) mass is 397 g/mol. The second-order valence-electron chi connectivity index (χ2n) is 3.66. The van der Waals surface area contributed by atoms with Crippen LogP contribution in [0.2, 0.25) is 0 Å². The average molecular weight is 397 g/mol. The zero-order chi connectivity index (χ0) is 14.3. The second kappa shape index (κ2) is 8.49. The predicted molar refractivity (Wildman–Crippen MR) is 81.4 cm³/mol. The number of halogens is 1. The highest BCUT2D eigenvalue weighted by atomic mass is 127. The van der Waals surface area contributed by atoms with Gasteiger partial charge in [-0.05, 0) is 35.6 Å². The molecule has 19 heavy (non-hydrogen) atoms. The van der Waals surface area contributed by atoms with E-state index in [4.69, 9.17) is 9.47 Å². The zero-order valence-electron chi connectivity index (χ0n) is 10.8. The van der Waals surface area contributed by atoms with Crippen LogP contribution in [-0.4, -0.2) is 50.2 Å². The van der Waals surface area contributed by atoms with Gasteiger partial charge in [-0.1, -0.05) is 0 Å². The van der Waals surface area contributed by atoms with E-state index in [0.29, 0.717) is 25.3 Å². The summed E-state index contributed by atoms with van der Waals surface area (Å²) in [7, 11) is 1.56. The first kappa shape index (κ1) is 16.4.